The van der Waals surface area contributed by atoms with Crippen LogP contribution in [0.5, 0.6) is 0 Å². The van der Waals surface area contributed by atoms with E-state index in [9.17, 15) is 4.79 Å². The Kier molecular flexibility index (Phi) is 4.56. The van der Waals surface area contributed by atoms with Gasteiger partial charge in [0.15, 0.2) is 0 Å². The highest BCUT2D eigenvalue weighted by Gasteiger charge is 2.10. The van der Waals surface area contributed by atoms with Gasteiger partial charge in [-0.05, 0) is 24.6 Å². The average molecular weight is 256 g/mol. The van der Waals surface area contributed by atoms with Crippen molar-refractivity contribution in [2.75, 3.05) is 6.61 Å². The number of carbonyl (C=O) groups excluding carboxylic acids is 1. The summed E-state index contributed by atoms with van der Waals surface area (Å²) < 4.78 is 10.3. The van der Waals surface area contributed by atoms with Crippen molar-refractivity contribution >= 4 is 12.0 Å². The Balaban J connectivity index is 1.94. The molecule has 0 aliphatic rings. The SMILES string of the molecule is CCOC(=O)c1ccc(C/C=C/c2ccccc2)o1. The summed E-state index contributed by atoms with van der Waals surface area (Å²) in [5, 5.41) is 0. The van der Waals surface area contributed by atoms with Gasteiger partial charge in [-0.1, -0.05) is 42.5 Å². The van der Waals surface area contributed by atoms with Crippen LogP contribution in [0.1, 0.15) is 28.8 Å². The number of hydrogen-bond acceptors (Lipinski definition) is 3. The Labute approximate surface area is 112 Å². The van der Waals surface area contributed by atoms with Gasteiger partial charge >= 0.3 is 5.97 Å². The summed E-state index contributed by atoms with van der Waals surface area (Å²) in [5.74, 6) is 0.584. The Morgan fingerprint density at radius 3 is 2.74 bits per heavy atom. The van der Waals surface area contributed by atoms with E-state index in [0.717, 1.165) is 11.3 Å². The summed E-state index contributed by atoms with van der Waals surface area (Å²) in [5.41, 5.74) is 1.14. The smallest absolute Gasteiger partial charge is 0.374 e. The maximum Gasteiger partial charge on any atom is 0.374 e. The minimum Gasteiger partial charge on any atom is -0.460 e. The standard InChI is InChI=1S/C16H16O3/c1-2-18-16(17)15-12-11-14(19-15)10-6-9-13-7-4-3-5-8-13/h3-9,11-12H,2,10H2,1H3/b9-6+. The lowest BCUT2D eigenvalue weighted by Gasteiger charge is -1.96. The molecule has 2 rings (SSSR count). The van der Waals surface area contributed by atoms with Crippen molar-refractivity contribution in [2.24, 2.45) is 0 Å². The normalized spacial score (nSPS) is 10.8. The molecule has 3 nitrogen and oxygen atoms in total. The first kappa shape index (κ1) is 13.1. The molecule has 0 radical (unpaired) electrons. The summed E-state index contributed by atoms with van der Waals surface area (Å²) >= 11 is 0. The van der Waals surface area contributed by atoms with Crippen molar-refractivity contribution in [3.8, 4) is 0 Å². The quantitative estimate of drug-likeness (QED) is 0.765. The molecule has 98 valence electrons. The molecule has 0 amide bonds. The highest BCUT2D eigenvalue weighted by Crippen LogP contribution is 2.11. The Hall–Kier alpha value is -2.29. The van der Waals surface area contributed by atoms with E-state index in [4.69, 9.17) is 9.15 Å². The van der Waals surface area contributed by atoms with Gasteiger partial charge in [0.05, 0.1) is 6.61 Å². The molecule has 0 aliphatic heterocycles. The fourth-order valence-corrected chi connectivity index (χ4v) is 1.67. The van der Waals surface area contributed by atoms with E-state index in [1.165, 1.54) is 0 Å². The molecule has 19 heavy (non-hydrogen) atoms. The zero-order chi connectivity index (χ0) is 13.5. The van der Waals surface area contributed by atoms with Crippen LogP contribution in [0.3, 0.4) is 0 Å². The van der Waals surface area contributed by atoms with E-state index >= 15 is 0 Å². The first-order valence-electron chi connectivity index (χ1n) is 6.27. The zero-order valence-electron chi connectivity index (χ0n) is 10.8. The van der Waals surface area contributed by atoms with Gasteiger partial charge in [0.1, 0.15) is 5.76 Å². The molecule has 0 bridgehead atoms. The van der Waals surface area contributed by atoms with Gasteiger partial charge in [-0.2, -0.15) is 0 Å². The van der Waals surface area contributed by atoms with Gasteiger partial charge in [-0.25, -0.2) is 4.79 Å². The van der Waals surface area contributed by atoms with E-state index in [-0.39, 0.29) is 5.76 Å². The number of hydrogen-bond donors (Lipinski definition) is 0. The summed E-state index contributed by atoms with van der Waals surface area (Å²) in [7, 11) is 0. The topological polar surface area (TPSA) is 39.4 Å². The van der Waals surface area contributed by atoms with E-state index in [0.29, 0.717) is 13.0 Å². The molecule has 1 aromatic heterocycles. The van der Waals surface area contributed by atoms with Gasteiger partial charge < -0.3 is 9.15 Å². The van der Waals surface area contributed by atoms with Crippen molar-refractivity contribution in [3.05, 3.63) is 65.6 Å². The molecule has 0 saturated heterocycles. The lowest BCUT2D eigenvalue weighted by atomic mass is 10.2. The monoisotopic (exact) mass is 256 g/mol. The fourth-order valence-electron chi connectivity index (χ4n) is 1.67. The summed E-state index contributed by atoms with van der Waals surface area (Å²) in [6.45, 7) is 2.12. The molecule has 1 heterocycles. The number of rotatable bonds is 5. The van der Waals surface area contributed by atoms with E-state index in [1.54, 1.807) is 19.1 Å². The first-order valence-corrected chi connectivity index (χ1v) is 6.27. The molecule has 0 atom stereocenters. The predicted molar refractivity (Wildman–Crippen MR) is 73.8 cm³/mol. The van der Waals surface area contributed by atoms with Crippen LogP contribution >= 0.6 is 0 Å². The van der Waals surface area contributed by atoms with Crippen LogP contribution in [0.25, 0.3) is 6.08 Å². The van der Waals surface area contributed by atoms with Crippen molar-refractivity contribution in [1.29, 1.82) is 0 Å². The van der Waals surface area contributed by atoms with E-state index in [1.807, 2.05) is 42.5 Å². The number of ether oxygens (including phenoxy) is 1. The molecule has 0 N–H and O–H groups in total. The minimum atomic E-state index is -0.416. The van der Waals surface area contributed by atoms with Crippen molar-refractivity contribution < 1.29 is 13.9 Å². The summed E-state index contributed by atoms with van der Waals surface area (Å²) in [6.07, 6.45) is 4.67. The van der Waals surface area contributed by atoms with Crippen LogP contribution in [-0.4, -0.2) is 12.6 Å². The summed E-state index contributed by atoms with van der Waals surface area (Å²) in [6, 6.07) is 13.5. The van der Waals surface area contributed by atoms with Gasteiger partial charge in [0, 0.05) is 6.42 Å². The molecular weight excluding hydrogens is 240 g/mol. The molecule has 2 aromatic rings. The van der Waals surface area contributed by atoms with Crippen molar-refractivity contribution in [2.45, 2.75) is 13.3 Å². The Morgan fingerprint density at radius 2 is 2.00 bits per heavy atom. The Morgan fingerprint density at radius 1 is 1.21 bits per heavy atom. The lowest BCUT2D eigenvalue weighted by molar-refractivity contribution is 0.0488. The third-order valence-corrected chi connectivity index (χ3v) is 2.57. The van der Waals surface area contributed by atoms with Crippen LogP contribution in [-0.2, 0) is 11.2 Å². The number of esters is 1. The third kappa shape index (κ3) is 3.85. The van der Waals surface area contributed by atoms with E-state index in [2.05, 4.69) is 0 Å². The molecule has 0 saturated carbocycles. The average Bonchev–Trinajstić information content (AvgIpc) is 2.89. The number of allylic oxidation sites excluding steroid dienone is 1. The van der Waals surface area contributed by atoms with Crippen LogP contribution in [0.15, 0.2) is 53.0 Å². The summed E-state index contributed by atoms with van der Waals surface area (Å²) in [4.78, 5) is 11.4. The highest BCUT2D eigenvalue weighted by molar-refractivity contribution is 5.86. The predicted octanol–water partition coefficient (Wildman–Crippen LogP) is 3.71. The Bertz CT molecular complexity index is 552. The van der Waals surface area contributed by atoms with Crippen molar-refractivity contribution in [1.82, 2.24) is 0 Å². The zero-order valence-corrected chi connectivity index (χ0v) is 10.8. The van der Waals surface area contributed by atoms with Crippen LogP contribution < -0.4 is 0 Å². The van der Waals surface area contributed by atoms with Crippen LogP contribution in [0.4, 0.5) is 0 Å². The van der Waals surface area contributed by atoms with Gasteiger partial charge in [-0.15, -0.1) is 0 Å². The van der Waals surface area contributed by atoms with Crippen LogP contribution in [0, 0.1) is 0 Å². The lowest BCUT2D eigenvalue weighted by Crippen LogP contribution is -2.02. The second-order valence-electron chi connectivity index (χ2n) is 4.00. The molecule has 3 heteroatoms. The first-order chi connectivity index (χ1) is 9.29. The van der Waals surface area contributed by atoms with E-state index < -0.39 is 5.97 Å². The van der Waals surface area contributed by atoms with Gasteiger partial charge in [0.2, 0.25) is 5.76 Å². The van der Waals surface area contributed by atoms with Crippen LogP contribution in [0.2, 0.25) is 0 Å². The maximum atomic E-state index is 11.4. The maximum absolute atomic E-state index is 11.4. The molecular formula is C16H16O3. The molecule has 0 spiro atoms. The van der Waals surface area contributed by atoms with Gasteiger partial charge in [-0.3, -0.25) is 0 Å². The largest absolute Gasteiger partial charge is 0.460 e. The molecule has 0 aliphatic carbocycles. The molecule has 1 aromatic carbocycles. The molecule has 0 fully saturated rings. The second-order valence-corrected chi connectivity index (χ2v) is 4.00. The number of carbonyl (C=O) groups is 1. The highest BCUT2D eigenvalue weighted by atomic mass is 16.5. The fraction of sp³-hybridized carbons (Fsp3) is 0.188. The third-order valence-electron chi connectivity index (χ3n) is 2.57. The number of furan rings is 1. The minimum absolute atomic E-state index is 0.255. The van der Waals surface area contributed by atoms with Gasteiger partial charge in [0.25, 0.3) is 0 Å². The second kappa shape index (κ2) is 6.59. The number of benzene rings is 1. The van der Waals surface area contributed by atoms with Crippen molar-refractivity contribution in [3.63, 3.8) is 0 Å². The molecule has 0 unspecified atom stereocenters.